The highest BCUT2D eigenvalue weighted by atomic mass is 32.2. The maximum absolute atomic E-state index is 13.2. The van der Waals surface area contributed by atoms with Gasteiger partial charge in [0.1, 0.15) is 16.4 Å². The third-order valence-corrected chi connectivity index (χ3v) is 8.95. The number of phenolic OH excluding ortho intramolecular Hbond substituents is 1. The molecule has 35 heavy (non-hydrogen) atoms. The normalized spacial score (nSPS) is 15.5. The van der Waals surface area contributed by atoms with Crippen LogP contribution in [0.4, 0.5) is 10.8 Å². The Bertz CT molecular complexity index is 1250. The molecule has 1 aliphatic rings. The third-order valence-electron chi connectivity index (χ3n) is 6.41. The molecule has 0 unspecified atom stereocenters. The first-order valence-electron chi connectivity index (χ1n) is 12.0. The summed E-state index contributed by atoms with van der Waals surface area (Å²) in [6, 6.07) is 11.3. The van der Waals surface area contributed by atoms with Crippen molar-refractivity contribution in [1.29, 1.82) is 0 Å². The first kappa shape index (κ1) is 25.3. The highest BCUT2D eigenvalue weighted by Gasteiger charge is 2.23. The smallest absolute Gasteiger partial charge is 0.265 e. The summed E-state index contributed by atoms with van der Waals surface area (Å²) in [5, 5.41) is 13.9. The lowest BCUT2D eigenvalue weighted by Gasteiger charge is -2.24. The summed E-state index contributed by atoms with van der Waals surface area (Å²) >= 11 is 1.54. The van der Waals surface area contributed by atoms with Crippen molar-refractivity contribution in [2.45, 2.75) is 63.3 Å². The van der Waals surface area contributed by atoms with Crippen LogP contribution in [-0.4, -0.2) is 31.7 Å². The van der Waals surface area contributed by atoms with E-state index in [4.69, 9.17) is 9.72 Å². The van der Waals surface area contributed by atoms with Crippen molar-refractivity contribution in [1.82, 2.24) is 4.98 Å². The van der Waals surface area contributed by atoms with Crippen LogP contribution in [-0.2, 0) is 10.0 Å². The largest absolute Gasteiger partial charge is 0.508 e. The van der Waals surface area contributed by atoms with Gasteiger partial charge in [0.15, 0.2) is 5.13 Å². The molecule has 9 heteroatoms. The number of anilines is 2. The van der Waals surface area contributed by atoms with Crippen molar-refractivity contribution in [3.8, 4) is 21.9 Å². The fraction of sp³-hybridized carbons (Fsp3) is 0.423. The van der Waals surface area contributed by atoms with Gasteiger partial charge < -0.3 is 15.2 Å². The summed E-state index contributed by atoms with van der Waals surface area (Å²) in [5.41, 5.74) is 1.96. The van der Waals surface area contributed by atoms with Crippen LogP contribution in [0.15, 0.2) is 47.4 Å². The van der Waals surface area contributed by atoms with Gasteiger partial charge in [-0.25, -0.2) is 13.4 Å². The molecule has 0 aliphatic heterocycles. The number of rotatable bonds is 9. The van der Waals surface area contributed by atoms with Gasteiger partial charge in [0.25, 0.3) is 10.0 Å². The molecule has 3 N–H and O–H groups in total. The van der Waals surface area contributed by atoms with E-state index >= 15 is 0 Å². The van der Waals surface area contributed by atoms with Gasteiger partial charge >= 0.3 is 0 Å². The predicted molar refractivity (Wildman–Crippen MR) is 142 cm³/mol. The van der Waals surface area contributed by atoms with E-state index in [9.17, 15) is 13.5 Å². The number of ether oxygens (including phenoxy) is 1. The number of nitrogens with one attached hydrogen (secondary N) is 2. The number of aryl methyl sites for hydroxylation is 1. The molecule has 3 aromatic rings. The van der Waals surface area contributed by atoms with Gasteiger partial charge in [-0.15, -0.1) is 0 Å². The second kappa shape index (κ2) is 10.9. The molecule has 1 aliphatic carbocycles. The molecule has 0 saturated heterocycles. The SMILES string of the molecule is COc1ccc(-c2sc(N[C@H](C)CC3CCCCC3)nc2C)cc1S(=O)(=O)Nc1ccc(O)cc1. The zero-order valence-corrected chi connectivity index (χ0v) is 22.0. The molecule has 1 atom stereocenters. The summed E-state index contributed by atoms with van der Waals surface area (Å²) in [5.74, 6) is 1.09. The first-order valence-corrected chi connectivity index (χ1v) is 14.3. The molecule has 0 radical (unpaired) electrons. The first-order chi connectivity index (χ1) is 16.7. The molecule has 1 aromatic heterocycles. The molecular weight excluding hydrogens is 482 g/mol. The lowest BCUT2D eigenvalue weighted by Crippen LogP contribution is -2.20. The fourth-order valence-electron chi connectivity index (χ4n) is 4.69. The molecular formula is C26H33N3O4S2. The molecule has 1 saturated carbocycles. The molecule has 4 rings (SSSR count). The minimum absolute atomic E-state index is 0.0403. The van der Waals surface area contributed by atoms with Crippen molar-refractivity contribution in [2.75, 3.05) is 17.1 Å². The van der Waals surface area contributed by atoms with Crippen molar-refractivity contribution in [3.05, 3.63) is 48.2 Å². The van der Waals surface area contributed by atoms with Crippen molar-refractivity contribution >= 4 is 32.2 Å². The van der Waals surface area contributed by atoms with Gasteiger partial charge in [-0.1, -0.05) is 43.4 Å². The second-order valence-electron chi connectivity index (χ2n) is 9.24. The lowest BCUT2D eigenvalue weighted by atomic mass is 9.85. The molecule has 1 fully saturated rings. The van der Waals surface area contributed by atoms with Gasteiger partial charge in [-0.2, -0.15) is 0 Å². The average molecular weight is 516 g/mol. The van der Waals surface area contributed by atoms with E-state index in [0.29, 0.717) is 11.7 Å². The Morgan fingerprint density at radius 2 is 1.86 bits per heavy atom. The number of nitrogens with zero attached hydrogens (tertiary/aromatic N) is 1. The minimum Gasteiger partial charge on any atom is -0.508 e. The van der Waals surface area contributed by atoms with E-state index in [0.717, 1.165) is 33.6 Å². The topological polar surface area (TPSA) is 101 Å². The summed E-state index contributed by atoms with van der Waals surface area (Å²) < 4.78 is 34.3. The number of hydrogen-bond acceptors (Lipinski definition) is 7. The number of phenols is 1. The highest BCUT2D eigenvalue weighted by molar-refractivity contribution is 7.92. The number of hydrogen-bond donors (Lipinski definition) is 3. The molecule has 188 valence electrons. The summed E-state index contributed by atoms with van der Waals surface area (Å²) in [6.07, 6.45) is 7.80. The van der Waals surface area contributed by atoms with Crippen LogP contribution < -0.4 is 14.8 Å². The Morgan fingerprint density at radius 3 is 2.54 bits per heavy atom. The van der Waals surface area contributed by atoms with Crippen molar-refractivity contribution in [2.24, 2.45) is 5.92 Å². The fourth-order valence-corrected chi connectivity index (χ4v) is 7.01. The van der Waals surface area contributed by atoms with Crippen LogP contribution in [0.5, 0.6) is 11.5 Å². The number of benzene rings is 2. The van der Waals surface area contributed by atoms with Crippen LogP contribution >= 0.6 is 11.3 Å². The number of aromatic nitrogens is 1. The maximum Gasteiger partial charge on any atom is 0.265 e. The van der Waals surface area contributed by atoms with Crippen LogP contribution in [0.25, 0.3) is 10.4 Å². The monoisotopic (exact) mass is 515 g/mol. The number of methoxy groups -OCH3 is 1. The van der Waals surface area contributed by atoms with Gasteiger partial charge in [0.05, 0.1) is 17.7 Å². The number of sulfonamides is 1. The van der Waals surface area contributed by atoms with E-state index in [1.165, 1.54) is 74.8 Å². The van der Waals surface area contributed by atoms with Crippen LogP contribution in [0.1, 0.15) is 51.1 Å². The van der Waals surface area contributed by atoms with Crippen LogP contribution in [0, 0.1) is 12.8 Å². The summed E-state index contributed by atoms with van der Waals surface area (Å²) in [6.45, 7) is 4.15. The lowest BCUT2D eigenvalue weighted by molar-refractivity contribution is 0.328. The molecule has 0 amide bonds. The van der Waals surface area contributed by atoms with E-state index < -0.39 is 10.0 Å². The van der Waals surface area contributed by atoms with E-state index in [2.05, 4.69) is 17.0 Å². The molecule has 1 heterocycles. The van der Waals surface area contributed by atoms with Crippen LogP contribution in [0.2, 0.25) is 0 Å². The predicted octanol–water partition coefficient (Wildman–Crippen LogP) is 6.40. The van der Waals surface area contributed by atoms with Crippen molar-refractivity contribution in [3.63, 3.8) is 0 Å². The zero-order valence-electron chi connectivity index (χ0n) is 20.4. The highest BCUT2D eigenvalue weighted by Crippen LogP contribution is 2.37. The van der Waals surface area contributed by atoms with Crippen molar-refractivity contribution < 1.29 is 18.3 Å². The Labute approximate surface area is 211 Å². The van der Waals surface area contributed by atoms with Gasteiger partial charge in [-0.05, 0) is 74.2 Å². The molecule has 2 aromatic carbocycles. The summed E-state index contributed by atoms with van der Waals surface area (Å²) in [4.78, 5) is 5.68. The second-order valence-corrected chi connectivity index (χ2v) is 11.9. The van der Waals surface area contributed by atoms with E-state index in [-0.39, 0.29) is 16.4 Å². The Morgan fingerprint density at radius 1 is 1.14 bits per heavy atom. The molecule has 0 spiro atoms. The summed E-state index contributed by atoms with van der Waals surface area (Å²) in [7, 11) is -2.48. The third kappa shape index (κ3) is 6.27. The molecule has 0 bridgehead atoms. The Balaban J connectivity index is 1.55. The van der Waals surface area contributed by atoms with E-state index in [1.54, 1.807) is 12.1 Å². The van der Waals surface area contributed by atoms with Gasteiger partial charge in [0, 0.05) is 11.7 Å². The Hall–Kier alpha value is -2.78. The zero-order chi connectivity index (χ0) is 25.0. The van der Waals surface area contributed by atoms with Gasteiger partial charge in [0.2, 0.25) is 0 Å². The quantitative estimate of drug-likeness (QED) is 0.285. The average Bonchev–Trinajstić information content (AvgIpc) is 3.20. The minimum atomic E-state index is -3.93. The maximum atomic E-state index is 13.2. The van der Waals surface area contributed by atoms with Crippen LogP contribution in [0.3, 0.4) is 0 Å². The molecule has 7 nitrogen and oxygen atoms in total. The Kier molecular flexibility index (Phi) is 7.86. The van der Waals surface area contributed by atoms with E-state index in [1.807, 2.05) is 13.0 Å². The standard InChI is InChI=1S/C26H33N3O4S2/c1-17(15-19-7-5-4-6-8-19)27-26-28-18(2)25(34-26)20-9-14-23(33-3)24(16-20)35(31,32)29-21-10-12-22(30)13-11-21/h9-14,16-17,19,29-30H,4-8,15H2,1-3H3,(H,27,28)/t17-/m1/s1. The van der Waals surface area contributed by atoms with Gasteiger partial charge in [-0.3, -0.25) is 4.72 Å². The number of aromatic hydroxyl groups is 1. The number of thiazole rings is 1.